The summed E-state index contributed by atoms with van der Waals surface area (Å²) in [5.74, 6) is 0.923. The van der Waals surface area contributed by atoms with Gasteiger partial charge in [0.25, 0.3) is 0 Å². The van der Waals surface area contributed by atoms with Crippen molar-refractivity contribution in [3.63, 3.8) is 0 Å². The van der Waals surface area contributed by atoms with Crippen molar-refractivity contribution in [2.75, 3.05) is 20.7 Å². The van der Waals surface area contributed by atoms with E-state index in [1.54, 1.807) is 7.11 Å². The van der Waals surface area contributed by atoms with Crippen LogP contribution in [0.4, 0.5) is 0 Å². The molecule has 0 aliphatic heterocycles. The fourth-order valence-electron chi connectivity index (χ4n) is 1.82. The Morgan fingerprint density at radius 1 is 1.32 bits per heavy atom. The van der Waals surface area contributed by atoms with E-state index >= 15 is 0 Å². The third-order valence-electron chi connectivity index (χ3n) is 3.25. The van der Waals surface area contributed by atoms with Crippen LogP contribution >= 0.6 is 0 Å². The Balaban J connectivity index is 2.51. The van der Waals surface area contributed by atoms with Gasteiger partial charge in [-0.3, -0.25) is 4.90 Å². The van der Waals surface area contributed by atoms with Gasteiger partial charge >= 0.3 is 0 Å². The third-order valence-corrected chi connectivity index (χ3v) is 3.25. The molecule has 1 aromatic carbocycles. The average molecular weight is 264 g/mol. The lowest BCUT2D eigenvalue weighted by atomic mass is 10.1. The summed E-state index contributed by atoms with van der Waals surface area (Å²) in [6.45, 7) is 10.8. The molecule has 0 spiro atoms. The molecular formula is C16H28N2O. The van der Waals surface area contributed by atoms with E-state index in [4.69, 9.17) is 4.74 Å². The molecule has 1 unspecified atom stereocenters. The molecule has 108 valence electrons. The molecule has 0 bridgehead atoms. The second-order valence-electron chi connectivity index (χ2n) is 6.25. The second kappa shape index (κ2) is 6.92. The minimum absolute atomic E-state index is 0.172. The van der Waals surface area contributed by atoms with Gasteiger partial charge in [0.05, 0.1) is 7.11 Å². The van der Waals surface area contributed by atoms with E-state index in [-0.39, 0.29) is 5.54 Å². The summed E-state index contributed by atoms with van der Waals surface area (Å²) in [5, 5.41) is 3.54. The maximum Gasteiger partial charge on any atom is 0.119 e. The van der Waals surface area contributed by atoms with E-state index in [0.29, 0.717) is 6.04 Å². The van der Waals surface area contributed by atoms with Crippen molar-refractivity contribution in [2.45, 2.75) is 45.8 Å². The summed E-state index contributed by atoms with van der Waals surface area (Å²) >= 11 is 0. The number of nitrogens with zero attached hydrogens (tertiary/aromatic N) is 1. The molecule has 0 saturated carbocycles. The molecule has 0 aromatic heterocycles. The van der Waals surface area contributed by atoms with Gasteiger partial charge in [0.2, 0.25) is 0 Å². The summed E-state index contributed by atoms with van der Waals surface area (Å²) in [4.78, 5) is 2.35. The normalized spacial score (nSPS) is 13.6. The molecule has 1 rings (SSSR count). The van der Waals surface area contributed by atoms with E-state index in [9.17, 15) is 0 Å². The summed E-state index contributed by atoms with van der Waals surface area (Å²) in [6.07, 6.45) is 0. The van der Waals surface area contributed by atoms with Crippen LogP contribution in [-0.2, 0) is 6.54 Å². The number of ether oxygens (including phenoxy) is 1. The largest absolute Gasteiger partial charge is 0.497 e. The quantitative estimate of drug-likeness (QED) is 0.855. The lowest BCUT2D eigenvalue weighted by Crippen LogP contribution is -2.44. The van der Waals surface area contributed by atoms with Crippen molar-refractivity contribution < 1.29 is 4.74 Å². The molecule has 0 aliphatic carbocycles. The zero-order chi connectivity index (χ0) is 14.5. The van der Waals surface area contributed by atoms with E-state index in [1.807, 2.05) is 12.1 Å². The summed E-state index contributed by atoms with van der Waals surface area (Å²) < 4.78 is 5.26. The van der Waals surface area contributed by atoms with Crippen molar-refractivity contribution >= 4 is 0 Å². The molecule has 3 nitrogen and oxygen atoms in total. The molecule has 1 N–H and O–H groups in total. The van der Waals surface area contributed by atoms with Gasteiger partial charge in [0, 0.05) is 24.7 Å². The molecule has 3 heteroatoms. The van der Waals surface area contributed by atoms with Gasteiger partial charge in [-0.05, 0) is 52.4 Å². The highest BCUT2D eigenvalue weighted by molar-refractivity contribution is 5.28. The predicted octanol–water partition coefficient (Wildman–Crippen LogP) is 2.90. The molecule has 1 aromatic rings. The van der Waals surface area contributed by atoms with Gasteiger partial charge in [-0.1, -0.05) is 12.1 Å². The Morgan fingerprint density at radius 3 is 2.58 bits per heavy atom. The lowest BCUT2D eigenvalue weighted by molar-refractivity contribution is 0.228. The van der Waals surface area contributed by atoms with Gasteiger partial charge in [-0.25, -0.2) is 0 Å². The number of likely N-dealkylation sites (N-methyl/N-ethyl adjacent to an activating group) is 1. The monoisotopic (exact) mass is 264 g/mol. The minimum Gasteiger partial charge on any atom is -0.497 e. The molecule has 19 heavy (non-hydrogen) atoms. The summed E-state index contributed by atoms with van der Waals surface area (Å²) in [6, 6.07) is 8.75. The number of hydrogen-bond acceptors (Lipinski definition) is 3. The fraction of sp³-hybridized carbons (Fsp3) is 0.625. The van der Waals surface area contributed by atoms with Gasteiger partial charge in [0.1, 0.15) is 5.75 Å². The maximum atomic E-state index is 5.26. The van der Waals surface area contributed by atoms with Crippen molar-refractivity contribution in [3.8, 4) is 5.75 Å². The van der Waals surface area contributed by atoms with Crippen LogP contribution in [0, 0.1) is 0 Å². The Hall–Kier alpha value is -1.06. The van der Waals surface area contributed by atoms with Crippen LogP contribution in [0.1, 0.15) is 33.3 Å². The van der Waals surface area contributed by atoms with Crippen LogP contribution in [-0.4, -0.2) is 37.2 Å². The van der Waals surface area contributed by atoms with Crippen LogP contribution in [0.2, 0.25) is 0 Å². The van der Waals surface area contributed by atoms with E-state index in [1.165, 1.54) is 5.56 Å². The first-order chi connectivity index (χ1) is 8.81. The van der Waals surface area contributed by atoms with Crippen LogP contribution in [0.25, 0.3) is 0 Å². The molecule has 0 saturated heterocycles. The van der Waals surface area contributed by atoms with Crippen molar-refractivity contribution in [1.29, 1.82) is 0 Å². The summed E-state index contributed by atoms with van der Waals surface area (Å²) in [7, 11) is 3.87. The first kappa shape index (κ1) is 16.0. The van der Waals surface area contributed by atoms with Crippen LogP contribution in [0.15, 0.2) is 24.3 Å². The number of methoxy groups -OCH3 is 1. The number of hydrogen-bond donors (Lipinski definition) is 1. The molecule has 1 atom stereocenters. The average Bonchev–Trinajstić information content (AvgIpc) is 2.35. The van der Waals surface area contributed by atoms with Crippen LogP contribution < -0.4 is 10.1 Å². The highest BCUT2D eigenvalue weighted by atomic mass is 16.5. The van der Waals surface area contributed by atoms with Gasteiger partial charge in [0.15, 0.2) is 0 Å². The lowest BCUT2D eigenvalue weighted by Gasteiger charge is -2.29. The van der Waals surface area contributed by atoms with Crippen LogP contribution in [0.3, 0.4) is 0 Å². The van der Waals surface area contributed by atoms with Crippen LogP contribution in [0.5, 0.6) is 5.75 Å². The Kier molecular flexibility index (Phi) is 5.83. The highest BCUT2D eigenvalue weighted by Crippen LogP contribution is 2.14. The zero-order valence-corrected chi connectivity index (χ0v) is 13.2. The molecule has 0 heterocycles. The number of benzene rings is 1. The Bertz CT molecular complexity index is 385. The summed E-state index contributed by atoms with van der Waals surface area (Å²) in [5.41, 5.74) is 1.45. The highest BCUT2D eigenvalue weighted by Gasteiger charge is 2.14. The third kappa shape index (κ3) is 6.08. The van der Waals surface area contributed by atoms with Crippen molar-refractivity contribution in [2.24, 2.45) is 0 Å². The van der Waals surface area contributed by atoms with E-state index in [2.05, 4.69) is 57.1 Å². The number of nitrogens with one attached hydrogen (secondary N) is 1. The second-order valence-corrected chi connectivity index (χ2v) is 6.25. The standard InChI is InChI=1S/C16H28N2O/c1-13(11-17-16(2,3)4)18(5)12-14-8-7-9-15(10-14)19-6/h7-10,13,17H,11-12H2,1-6H3. The van der Waals surface area contributed by atoms with E-state index in [0.717, 1.165) is 18.8 Å². The molecule has 0 fully saturated rings. The Morgan fingerprint density at radius 2 is 2.00 bits per heavy atom. The van der Waals surface area contributed by atoms with Crippen molar-refractivity contribution in [1.82, 2.24) is 10.2 Å². The van der Waals surface area contributed by atoms with Crippen molar-refractivity contribution in [3.05, 3.63) is 29.8 Å². The minimum atomic E-state index is 0.172. The molecule has 0 radical (unpaired) electrons. The smallest absolute Gasteiger partial charge is 0.119 e. The van der Waals surface area contributed by atoms with E-state index < -0.39 is 0 Å². The zero-order valence-electron chi connectivity index (χ0n) is 13.2. The molecule has 0 aliphatic rings. The maximum absolute atomic E-state index is 5.26. The SMILES string of the molecule is COc1cccc(CN(C)C(C)CNC(C)(C)C)c1. The molecular weight excluding hydrogens is 236 g/mol. The topological polar surface area (TPSA) is 24.5 Å². The first-order valence-electron chi connectivity index (χ1n) is 6.90. The Labute approximate surface area is 118 Å². The first-order valence-corrected chi connectivity index (χ1v) is 6.90. The predicted molar refractivity (Wildman–Crippen MR) is 81.7 cm³/mol. The molecule has 0 amide bonds. The van der Waals surface area contributed by atoms with Gasteiger partial charge in [-0.15, -0.1) is 0 Å². The number of rotatable bonds is 6. The van der Waals surface area contributed by atoms with Gasteiger partial charge < -0.3 is 10.1 Å². The fourth-order valence-corrected chi connectivity index (χ4v) is 1.82. The van der Waals surface area contributed by atoms with Gasteiger partial charge in [-0.2, -0.15) is 0 Å².